The number of likely N-dealkylation sites (N-methyl/N-ethyl adjacent to an activating group) is 1. The summed E-state index contributed by atoms with van der Waals surface area (Å²) in [6.45, 7) is 1.42. The first-order valence-electron chi connectivity index (χ1n) is 5.71. The molecule has 0 aliphatic rings. The van der Waals surface area contributed by atoms with E-state index in [9.17, 15) is 9.59 Å². The summed E-state index contributed by atoms with van der Waals surface area (Å²) in [6.07, 6.45) is 0. The minimum absolute atomic E-state index is 0.129. The molecular weight excluding hydrogens is 266 g/mol. The van der Waals surface area contributed by atoms with Crippen LogP contribution in [0.3, 0.4) is 0 Å². The summed E-state index contributed by atoms with van der Waals surface area (Å²) >= 11 is 1.10. The smallest absolute Gasteiger partial charge is 0.260 e. The molecule has 1 heterocycles. The van der Waals surface area contributed by atoms with Gasteiger partial charge in [0.1, 0.15) is 9.88 Å². The topological polar surface area (TPSA) is 113 Å². The van der Waals surface area contributed by atoms with Crippen LogP contribution in [-0.2, 0) is 0 Å². The first kappa shape index (κ1) is 15.3. The van der Waals surface area contributed by atoms with Gasteiger partial charge in [-0.05, 0) is 14.1 Å². The molecule has 0 radical (unpaired) electrons. The van der Waals surface area contributed by atoms with Gasteiger partial charge >= 0.3 is 0 Å². The molecule has 6 N–H and O–H groups in total. The van der Waals surface area contributed by atoms with E-state index in [0.717, 1.165) is 17.9 Å². The van der Waals surface area contributed by atoms with E-state index in [4.69, 9.17) is 11.5 Å². The fourth-order valence-corrected chi connectivity index (χ4v) is 2.49. The third-order valence-electron chi connectivity index (χ3n) is 2.47. The van der Waals surface area contributed by atoms with Crippen molar-refractivity contribution in [3.8, 4) is 0 Å². The first-order valence-corrected chi connectivity index (χ1v) is 6.52. The minimum atomic E-state index is -0.631. The number of primary amides is 1. The average molecular weight is 285 g/mol. The second-order valence-corrected chi connectivity index (χ2v) is 5.24. The maximum atomic E-state index is 11.8. The van der Waals surface area contributed by atoms with Crippen molar-refractivity contribution in [1.29, 1.82) is 0 Å². The maximum absolute atomic E-state index is 11.8. The minimum Gasteiger partial charge on any atom is -0.397 e. The van der Waals surface area contributed by atoms with Crippen molar-refractivity contribution in [2.45, 2.75) is 0 Å². The summed E-state index contributed by atoms with van der Waals surface area (Å²) in [7, 11) is 5.39. The van der Waals surface area contributed by atoms with Crippen molar-refractivity contribution >= 4 is 33.8 Å². The second-order valence-electron chi connectivity index (χ2n) is 4.22. The van der Waals surface area contributed by atoms with E-state index in [2.05, 4.69) is 10.6 Å². The van der Waals surface area contributed by atoms with E-state index in [1.165, 1.54) is 7.05 Å². The average Bonchev–Trinajstić information content (AvgIpc) is 2.65. The number of nitrogen functional groups attached to an aromatic ring is 1. The highest BCUT2D eigenvalue weighted by Gasteiger charge is 2.23. The number of hydrogen-bond donors (Lipinski definition) is 4. The van der Waals surface area contributed by atoms with Gasteiger partial charge in [-0.1, -0.05) is 0 Å². The van der Waals surface area contributed by atoms with Gasteiger partial charge < -0.3 is 27.0 Å². The van der Waals surface area contributed by atoms with Crippen LogP contribution < -0.4 is 22.1 Å². The Morgan fingerprint density at radius 1 is 1.37 bits per heavy atom. The largest absolute Gasteiger partial charge is 0.397 e. The number of thiophene rings is 1. The van der Waals surface area contributed by atoms with Gasteiger partial charge in [0.15, 0.2) is 0 Å². The van der Waals surface area contributed by atoms with E-state index in [-0.39, 0.29) is 22.0 Å². The third kappa shape index (κ3) is 3.58. The lowest BCUT2D eigenvalue weighted by atomic mass is 10.2. The normalized spacial score (nSPS) is 10.5. The number of carbonyl (C=O) groups excluding carboxylic acids is 2. The summed E-state index contributed by atoms with van der Waals surface area (Å²) in [5, 5.41) is 6.17. The number of hydrogen-bond acceptors (Lipinski definition) is 6. The Morgan fingerprint density at radius 2 is 2.00 bits per heavy atom. The lowest BCUT2D eigenvalue weighted by molar-refractivity contribution is 0.0965. The van der Waals surface area contributed by atoms with Crippen molar-refractivity contribution in [3.63, 3.8) is 0 Å². The standard InChI is InChI=1S/C11H19N5O2S/c1-14-10(18)6-7(12)8(9(13)17)19-11(6)15-4-5-16(2)3/h15H,4-5,12H2,1-3H3,(H2,13,17)(H,14,18). The number of nitrogens with one attached hydrogen (secondary N) is 2. The van der Waals surface area contributed by atoms with Crippen molar-refractivity contribution in [2.75, 3.05) is 45.3 Å². The SMILES string of the molecule is CNC(=O)c1c(NCCN(C)C)sc(C(N)=O)c1N. The van der Waals surface area contributed by atoms with E-state index in [1.54, 1.807) is 0 Å². The number of rotatable bonds is 6. The van der Waals surface area contributed by atoms with Crippen LogP contribution in [0.4, 0.5) is 10.7 Å². The molecule has 0 saturated carbocycles. The van der Waals surface area contributed by atoms with Crippen molar-refractivity contribution in [3.05, 3.63) is 10.4 Å². The molecule has 2 amide bonds. The molecule has 0 aliphatic heterocycles. The van der Waals surface area contributed by atoms with Crippen LogP contribution in [0.1, 0.15) is 20.0 Å². The first-order chi connectivity index (χ1) is 8.88. The number of amides is 2. The van der Waals surface area contributed by atoms with Gasteiger partial charge in [-0.25, -0.2) is 0 Å². The number of nitrogens with two attached hydrogens (primary N) is 2. The van der Waals surface area contributed by atoms with Crippen LogP contribution in [0.15, 0.2) is 0 Å². The van der Waals surface area contributed by atoms with Gasteiger partial charge in [0.25, 0.3) is 11.8 Å². The fraction of sp³-hybridized carbons (Fsp3) is 0.455. The summed E-state index contributed by atoms with van der Waals surface area (Å²) in [5.41, 5.74) is 11.5. The van der Waals surface area contributed by atoms with Crippen molar-refractivity contribution < 1.29 is 9.59 Å². The lowest BCUT2D eigenvalue weighted by Gasteiger charge is -2.11. The van der Waals surface area contributed by atoms with E-state index >= 15 is 0 Å². The Kier molecular flexibility index (Phi) is 5.13. The van der Waals surface area contributed by atoms with Gasteiger partial charge in [-0.15, -0.1) is 11.3 Å². The van der Waals surface area contributed by atoms with Gasteiger partial charge in [0.05, 0.1) is 11.3 Å². The van der Waals surface area contributed by atoms with Crippen molar-refractivity contribution in [2.24, 2.45) is 5.73 Å². The Morgan fingerprint density at radius 3 is 2.47 bits per heavy atom. The monoisotopic (exact) mass is 285 g/mol. The predicted molar refractivity (Wildman–Crippen MR) is 77.7 cm³/mol. The second kappa shape index (κ2) is 6.39. The number of anilines is 2. The Balaban J connectivity index is 3.04. The van der Waals surface area contributed by atoms with Gasteiger partial charge in [-0.2, -0.15) is 0 Å². The summed E-state index contributed by atoms with van der Waals surface area (Å²) in [6, 6.07) is 0. The molecule has 1 aromatic heterocycles. The highest BCUT2D eigenvalue weighted by molar-refractivity contribution is 7.19. The number of nitrogens with zero attached hydrogens (tertiary/aromatic N) is 1. The van der Waals surface area contributed by atoms with E-state index < -0.39 is 5.91 Å². The summed E-state index contributed by atoms with van der Waals surface area (Å²) < 4.78 is 0. The van der Waals surface area contributed by atoms with Crippen LogP contribution in [0.5, 0.6) is 0 Å². The molecule has 0 saturated heterocycles. The molecule has 0 unspecified atom stereocenters. The van der Waals surface area contributed by atoms with Crippen LogP contribution in [0.25, 0.3) is 0 Å². The van der Waals surface area contributed by atoms with Crippen LogP contribution in [0, 0.1) is 0 Å². The van der Waals surface area contributed by atoms with Crippen molar-refractivity contribution in [1.82, 2.24) is 10.2 Å². The van der Waals surface area contributed by atoms with Crippen LogP contribution >= 0.6 is 11.3 Å². The highest BCUT2D eigenvalue weighted by atomic mass is 32.1. The third-order valence-corrected chi connectivity index (χ3v) is 3.65. The summed E-state index contributed by atoms with van der Waals surface area (Å²) in [4.78, 5) is 25.3. The molecule has 0 bridgehead atoms. The van der Waals surface area contributed by atoms with E-state index in [1.807, 2.05) is 19.0 Å². The van der Waals surface area contributed by atoms with Crippen LogP contribution in [-0.4, -0.2) is 50.9 Å². The van der Waals surface area contributed by atoms with Crippen LogP contribution in [0.2, 0.25) is 0 Å². The molecular formula is C11H19N5O2S. The Bertz CT molecular complexity index is 484. The van der Waals surface area contributed by atoms with E-state index in [0.29, 0.717) is 11.5 Å². The maximum Gasteiger partial charge on any atom is 0.260 e. The summed E-state index contributed by atoms with van der Waals surface area (Å²) in [5.74, 6) is -0.970. The zero-order valence-electron chi connectivity index (χ0n) is 11.2. The zero-order chi connectivity index (χ0) is 14.6. The molecule has 1 aromatic rings. The predicted octanol–water partition coefficient (Wildman–Crippen LogP) is -0.238. The zero-order valence-corrected chi connectivity index (χ0v) is 12.1. The molecule has 0 aromatic carbocycles. The molecule has 106 valence electrons. The molecule has 7 nitrogen and oxygen atoms in total. The molecule has 0 spiro atoms. The van der Waals surface area contributed by atoms with Gasteiger partial charge in [0.2, 0.25) is 0 Å². The fourth-order valence-electron chi connectivity index (χ4n) is 1.49. The molecule has 0 aliphatic carbocycles. The molecule has 19 heavy (non-hydrogen) atoms. The molecule has 8 heteroatoms. The Labute approximate surface area is 115 Å². The molecule has 0 fully saturated rings. The van der Waals surface area contributed by atoms with Gasteiger partial charge in [-0.3, -0.25) is 9.59 Å². The van der Waals surface area contributed by atoms with Gasteiger partial charge in [0, 0.05) is 20.1 Å². The molecule has 1 rings (SSSR count). The lowest BCUT2D eigenvalue weighted by Crippen LogP contribution is -2.23. The highest BCUT2D eigenvalue weighted by Crippen LogP contribution is 2.35. The number of carbonyl (C=O) groups is 2. The molecule has 0 atom stereocenters. The quantitative estimate of drug-likeness (QED) is 0.576. The Hall–Kier alpha value is -1.80.